The van der Waals surface area contributed by atoms with E-state index in [4.69, 9.17) is 13.9 Å². The molecule has 0 radical (unpaired) electrons. The third-order valence-corrected chi connectivity index (χ3v) is 6.65. The second kappa shape index (κ2) is 10.3. The van der Waals surface area contributed by atoms with Gasteiger partial charge in [0, 0.05) is 18.7 Å². The fraction of sp³-hybridized carbons (Fsp3) is 0.458. The molecule has 176 valence electrons. The number of amides is 1. The summed E-state index contributed by atoms with van der Waals surface area (Å²) in [6.07, 6.45) is 3.47. The van der Waals surface area contributed by atoms with E-state index < -0.39 is 0 Å². The molecule has 1 amide bonds. The van der Waals surface area contributed by atoms with Crippen LogP contribution in [0.4, 0.5) is 0 Å². The Kier molecular flexibility index (Phi) is 7.27. The normalized spacial score (nSPS) is 15.9. The minimum Gasteiger partial charge on any atom is -0.497 e. The third-order valence-electron chi connectivity index (χ3n) is 5.70. The zero-order valence-electron chi connectivity index (χ0n) is 19.5. The van der Waals surface area contributed by atoms with E-state index in [0.29, 0.717) is 17.5 Å². The number of aromatic nitrogens is 3. The van der Waals surface area contributed by atoms with E-state index in [2.05, 4.69) is 24.0 Å². The van der Waals surface area contributed by atoms with Crippen molar-refractivity contribution in [1.29, 1.82) is 0 Å². The standard InChI is InChI=1S/C24H30N4O4S/c1-16(2)14-28-23(21-8-6-12-32-21)25-26-24(28)33-15-22(29)27-11-5-7-19(27)18-13-17(30-3)9-10-20(18)31-4/h6,8-10,12-13,16,19H,5,7,11,14-15H2,1-4H3. The summed E-state index contributed by atoms with van der Waals surface area (Å²) in [6.45, 7) is 5.75. The summed E-state index contributed by atoms with van der Waals surface area (Å²) in [7, 11) is 3.30. The molecule has 0 N–H and O–H groups in total. The first-order valence-electron chi connectivity index (χ1n) is 11.1. The maximum absolute atomic E-state index is 13.3. The number of likely N-dealkylation sites (tertiary alicyclic amines) is 1. The molecule has 0 spiro atoms. The number of carbonyl (C=O) groups is 1. The number of carbonyl (C=O) groups excluding carboxylic acids is 1. The number of furan rings is 1. The highest BCUT2D eigenvalue weighted by Crippen LogP contribution is 2.39. The van der Waals surface area contributed by atoms with E-state index in [1.54, 1.807) is 20.5 Å². The lowest BCUT2D eigenvalue weighted by Gasteiger charge is -2.26. The predicted octanol–water partition coefficient (Wildman–Crippen LogP) is 4.67. The first kappa shape index (κ1) is 23.2. The van der Waals surface area contributed by atoms with Crippen LogP contribution in [0.15, 0.2) is 46.2 Å². The maximum atomic E-state index is 13.3. The van der Waals surface area contributed by atoms with E-state index in [9.17, 15) is 4.79 Å². The number of benzene rings is 1. The van der Waals surface area contributed by atoms with Gasteiger partial charge in [0.05, 0.1) is 32.3 Å². The Bertz CT molecular complexity index is 1080. The molecule has 1 aliphatic rings. The van der Waals surface area contributed by atoms with Gasteiger partial charge in [-0.25, -0.2) is 0 Å². The topological polar surface area (TPSA) is 82.6 Å². The highest BCUT2D eigenvalue weighted by atomic mass is 32.2. The van der Waals surface area contributed by atoms with Crippen molar-refractivity contribution in [1.82, 2.24) is 19.7 Å². The van der Waals surface area contributed by atoms with Crippen molar-refractivity contribution in [2.45, 2.75) is 44.4 Å². The highest BCUT2D eigenvalue weighted by molar-refractivity contribution is 7.99. The molecule has 3 heterocycles. The van der Waals surface area contributed by atoms with Crippen molar-refractivity contribution < 1.29 is 18.7 Å². The van der Waals surface area contributed by atoms with Gasteiger partial charge in [-0.15, -0.1) is 10.2 Å². The summed E-state index contributed by atoms with van der Waals surface area (Å²) >= 11 is 1.42. The van der Waals surface area contributed by atoms with Crippen molar-refractivity contribution in [3.8, 4) is 23.1 Å². The Labute approximate surface area is 198 Å². The van der Waals surface area contributed by atoms with Gasteiger partial charge in [0.1, 0.15) is 11.5 Å². The molecule has 1 aromatic carbocycles. The lowest BCUT2D eigenvalue weighted by atomic mass is 10.0. The largest absolute Gasteiger partial charge is 0.497 e. The summed E-state index contributed by atoms with van der Waals surface area (Å²) in [6, 6.07) is 9.41. The van der Waals surface area contributed by atoms with Crippen LogP contribution in [0.3, 0.4) is 0 Å². The lowest BCUT2D eigenvalue weighted by molar-refractivity contribution is -0.129. The van der Waals surface area contributed by atoms with Crippen LogP contribution in [0.1, 0.15) is 38.3 Å². The number of methoxy groups -OCH3 is 2. The molecule has 0 saturated carbocycles. The first-order valence-corrected chi connectivity index (χ1v) is 12.1. The van der Waals surface area contributed by atoms with Gasteiger partial charge >= 0.3 is 0 Å². The van der Waals surface area contributed by atoms with Crippen LogP contribution < -0.4 is 9.47 Å². The van der Waals surface area contributed by atoms with Crippen molar-refractivity contribution in [2.24, 2.45) is 5.92 Å². The van der Waals surface area contributed by atoms with Gasteiger partial charge in [0.2, 0.25) is 5.91 Å². The molecule has 1 atom stereocenters. The first-order chi connectivity index (χ1) is 16.0. The number of nitrogens with zero attached hydrogens (tertiary/aromatic N) is 4. The van der Waals surface area contributed by atoms with Gasteiger partial charge in [0.25, 0.3) is 0 Å². The van der Waals surface area contributed by atoms with Crippen molar-refractivity contribution in [2.75, 3.05) is 26.5 Å². The molecule has 1 fully saturated rings. The second-order valence-electron chi connectivity index (χ2n) is 8.43. The van der Waals surface area contributed by atoms with Crippen LogP contribution in [0, 0.1) is 5.92 Å². The van der Waals surface area contributed by atoms with Crippen LogP contribution in [-0.4, -0.2) is 52.1 Å². The average molecular weight is 471 g/mol. The molecule has 4 rings (SSSR count). The molecule has 0 aliphatic carbocycles. The monoisotopic (exact) mass is 470 g/mol. The van der Waals surface area contributed by atoms with Crippen LogP contribution in [0.5, 0.6) is 11.5 Å². The number of thioether (sulfide) groups is 1. The molecule has 9 heteroatoms. The molecule has 33 heavy (non-hydrogen) atoms. The summed E-state index contributed by atoms with van der Waals surface area (Å²) in [5.74, 6) is 3.64. The fourth-order valence-electron chi connectivity index (χ4n) is 4.21. The quantitative estimate of drug-likeness (QED) is 0.420. The van der Waals surface area contributed by atoms with Gasteiger partial charge in [-0.1, -0.05) is 25.6 Å². The average Bonchev–Trinajstić information content (AvgIpc) is 3.57. The smallest absolute Gasteiger partial charge is 0.233 e. The minimum absolute atomic E-state index is 0.0321. The summed E-state index contributed by atoms with van der Waals surface area (Å²) in [4.78, 5) is 15.2. The van der Waals surface area contributed by atoms with Crippen LogP contribution in [-0.2, 0) is 11.3 Å². The Morgan fingerprint density at radius 1 is 1.24 bits per heavy atom. The van der Waals surface area contributed by atoms with E-state index in [1.807, 2.05) is 39.8 Å². The van der Waals surface area contributed by atoms with E-state index in [-0.39, 0.29) is 17.7 Å². The summed E-state index contributed by atoms with van der Waals surface area (Å²) in [5.41, 5.74) is 0.982. The molecule has 2 aromatic heterocycles. The SMILES string of the molecule is COc1ccc(OC)c(C2CCCN2C(=O)CSc2nnc(-c3ccco3)n2CC(C)C)c1. The van der Waals surface area contributed by atoms with Crippen LogP contribution in [0.25, 0.3) is 11.6 Å². The number of rotatable bonds is 9. The molecular formula is C24H30N4O4S. The van der Waals surface area contributed by atoms with E-state index in [1.165, 1.54) is 11.8 Å². The molecular weight excluding hydrogens is 440 g/mol. The van der Waals surface area contributed by atoms with Gasteiger partial charge in [-0.3, -0.25) is 9.36 Å². The van der Waals surface area contributed by atoms with E-state index in [0.717, 1.165) is 48.2 Å². The minimum atomic E-state index is -0.0321. The second-order valence-corrected chi connectivity index (χ2v) is 9.37. The van der Waals surface area contributed by atoms with Gasteiger partial charge in [-0.2, -0.15) is 0 Å². The zero-order chi connectivity index (χ0) is 23.4. The molecule has 1 aliphatic heterocycles. The van der Waals surface area contributed by atoms with Gasteiger partial charge in [-0.05, 0) is 49.1 Å². The number of hydrogen-bond acceptors (Lipinski definition) is 7. The molecule has 3 aromatic rings. The molecule has 1 saturated heterocycles. The Balaban J connectivity index is 1.51. The number of hydrogen-bond donors (Lipinski definition) is 0. The third kappa shape index (κ3) is 5.03. The number of ether oxygens (including phenoxy) is 2. The lowest BCUT2D eigenvalue weighted by Crippen LogP contribution is -2.32. The molecule has 8 nitrogen and oxygen atoms in total. The molecule has 1 unspecified atom stereocenters. The zero-order valence-corrected chi connectivity index (χ0v) is 20.3. The maximum Gasteiger partial charge on any atom is 0.233 e. The highest BCUT2D eigenvalue weighted by Gasteiger charge is 2.32. The van der Waals surface area contributed by atoms with Gasteiger partial charge < -0.3 is 18.8 Å². The Morgan fingerprint density at radius 2 is 2.09 bits per heavy atom. The fourth-order valence-corrected chi connectivity index (χ4v) is 5.04. The van der Waals surface area contributed by atoms with Crippen LogP contribution in [0.2, 0.25) is 0 Å². The Morgan fingerprint density at radius 3 is 2.79 bits per heavy atom. The van der Waals surface area contributed by atoms with E-state index >= 15 is 0 Å². The Hall–Kier alpha value is -2.94. The summed E-state index contributed by atoms with van der Waals surface area (Å²) < 4.78 is 18.6. The predicted molar refractivity (Wildman–Crippen MR) is 127 cm³/mol. The van der Waals surface area contributed by atoms with Crippen molar-refractivity contribution in [3.05, 3.63) is 42.2 Å². The van der Waals surface area contributed by atoms with Crippen molar-refractivity contribution in [3.63, 3.8) is 0 Å². The summed E-state index contributed by atoms with van der Waals surface area (Å²) in [5, 5.41) is 9.41. The van der Waals surface area contributed by atoms with Crippen molar-refractivity contribution >= 4 is 17.7 Å². The van der Waals surface area contributed by atoms with Gasteiger partial charge in [0.15, 0.2) is 16.7 Å². The molecule has 0 bridgehead atoms. The van der Waals surface area contributed by atoms with Crippen LogP contribution >= 0.6 is 11.8 Å².